The second-order valence-corrected chi connectivity index (χ2v) is 20.7. The third-order valence-corrected chi connectivity index (χ3v) is 16.2. The molecule has 2 heteroatoms. The van der Waals surface area contributed by atoms with E-state index < -0.39 is 0 Å². The Hall–Kier alpha value is -6.25. The Bertz CT molecular complexity index is 2810. The Labute approximate surface area is 413 Å². The molecule has 2 nitrogen and oxygen atoms in total. The Morgan fingerprint density at radius 2 is 1.30 bits per heavy atom. The van der Waals surface area contributed by atoms with Crippen LogP contribution in [-0.2, 0) is 4.79 Å². The van der Waals surface area contributed by atoms with Crippen LogP contribution >= 0.6 is 0 Å². The van der Waals surface area contributed by atoms with Crippen LogP contribution in [0, 0.1) is 29.6 Å². The smallest absolute Gasteiger partial charge is 0.188 e. The van der Waals surface area contributed by atoms with E-state index in [1.54, 1.807) is 5.57 Å². The molecule has 0 spiro atoms. The van der Waals surface area contributed by atoms with Crippen molar-refractivity contribution in [3.63, 3.8) is 0 Å². The van der Waals surface area contributed by atoms with Crippen LogP contribution in [0.15, 0.2) is 261 Å². The van der Waals surface area contributed by atoms with Gasteiger partial charge >= 0.3 is 0 Å². The van der Waals surface area contributed by atoms with Crippen molar-refractivity contribution in [2.45, 2.75) is 109 Å². The zero-order valence-electron chi connectivity index (χ0n) is 40.5. The van der Waals surface area contributed by atoms with E-state index in [-0.39, 0.29) is 29.6 Å². The number of ketones is 1. The number of hydrogen-bond acceptors (Lipinski definition) is 2. The summed E-state index contributed by atoms with van der Waals surface area (Å²) in [6.45, 7) is 0. The lowest BCUT2D eigenvalue weighted by atomic mass is 9.67. The molecule has 0 saturated carbocycles. The average molecular weight is 904 g/mol. The summed E-state index contributed by atoms with van der Waals surface area (Å²) < 4.78 is 0. The summed E-state index contributed by atoms with van der Waals surface area (Å²) >= 11 is 0. The molecule has 6 unspecified atom stereocenters. The van der Waals surface area contributed by atoms with Gasteiger partial charge in [-0.1, -0.05) is 176 Å². The summed E-state index contributed by atoms with van der Waals surface area (Å²) in [4.78, 5) is 17.4. The summed E-state index contributed by atoms with van der Waals surface area (Å²) in [6.07, 6.45) is 89.5. The van der Waals surface area contributed by atoms with Crippen LogP contribution < -0.4 is 0 Å². The Kier molecular flexibility index (Phi) is 13.9. The molecule has 0 amide bonds. The van der Waals surface area contributed by atoms with Crippen LogP contribution in [0.25, 0.3) is 0 Å². The van der Waals surface area contributed by atoms with Crippen molar-refractivity contribution in [2.75, 3.05) is 0 Å². The van der Waals surface area contributed by atoms with Gasteiger partial charge in [0.05, 0.1) is 6.04 Å². The van der Waals surface area contributed by atoms with E-state index in [1.807, 2.05) is 0 Å². The maximum atomic E-state index is 14.8. The van der Waals surface area contributed by atoms with Crippen LogP contribution in [-0.4, -0.2) is 16.7 Å². The second-order valence-electron chi connectivity index (χ2n) is 20.7. The van der Waals surface area contributed by atoms with Gasteiger partial charge in [-0.05, 0) is 170 Å². The highest BCUT2D eigenvalue weighted by Gasteiger charge is 2.36. The van der Waals surface area contributed by atoms with Gasteiger partial charge < -0.3 is 4.90 Å². The van der Waals surface area contributed by atoms with Crippen molar-refractivity contribution in [2.24, 2.45) is 29.6 Å². The van der Waals surface area contributed by atoms with Crippen LogP contribution in [0.5, 0.6) is 0 Å². The predicted octanol–water partition coefficient (Wildman–Crippen LogP) is 16.7. The fraction of sp³-hybridized carbons (Fsp3) is 0.328. The minimum absolute atomic E-state index is 0.133. The number of hydrogen-bond donors (Lipinski definition) is 0. The monoisotopic (exact) mass is 904 g/mol. The standard InChI is InChI=1S/C67H69NO/c69-67(60-43-57(48-22-7-1-8-23-48)42-58(44-60)49-24-9-2-10-25-49)56-34-20-31-53(41-56)52-30-19-33-55(40-52)66-64(50-26-11-3-12-27-50)46-59(47-65(66)51-28-13-4-14-29-51)54-32-21-39-63(45-54)68(61-35-15-5-16-36-61)62-37-17-6-18-38-62/h1,3,5,7,9,11-13,15,17,19-22,24-26,28-30,32-35,37-39,41-42,44,46,50,52-53,58,63,65H,2,4,6,8,10,14,16,18,23,27,31,36,40,43,45,47H2. The highest BCUT2D eigenvalue weighted by atomic mass is 16.1. The van der Waals surface area contributed by atoms with Gasteiger partial charge in [0.25, 0.3) is 0 Å². The number of nitrogens with zero attached hydrogens (tertiary/aromatic N) is 1. The number of rotatable bonds is 12. The Morgan fingerprint density at radius 3 is 2.06 bits per heavy atom. The molecular formula is C67H69NO. The van der Waals surface area contributed by atoms with Gasteiger partial charge in [0, 0.05) is 46.7 Å². The molecule has 0 saturated heterocycles. The normalized spacial score (nSPS) is 29.5. The van der Waals surface area contributed by atoms with Crippen molar-refractivity contribution >= 4 is 5.78 Å². The molecule has 348 valence electrons. The van der Waals surface area contributed by atoms with E-state index in [1.165, 1.54) is 56.0 Å². The lowest BCUT2D eigenvalue weighted by molar-refractivity contribution is -0.112. The summed E-state index contributed by atoms with van der Waals surface area (Å²) in [6, 6.07) is 0.269. The average Bonchev–Trinajstić information content (AvgIpc) is 3.44. The van der Waals surface area contributed by atoms with E-state index in [0.717, 1.165) is 107 Å². The third-order valence-electron chi connectivity index (χ3n) is 16.2. The molecule has 11 aliphatic rings. The zero-order chi connectivity index (χ0) is 46.4. The topological polar surface area (TPSA) is 20.3 Å². The zero-order valence-corrected chi connectivity index (χ0v) is 40.5. The number of carbonyl (C=O) groups excluding carboxylic acids is 1. The van der Waals surface area contributed by atoms with Crippen molar-refractivity contribution in [3.8, 4) is 0 Å². The molecule has 0 aliphatic heterocycles. The fourth-order valence-electron chi connectivity index (χ4n) is 12.7. The molecular weight excluding hydrogens is 835 g/mol. The van der Waals surface area contributed by atoms with E-state index in [2.05, 4.69) is 193 Å². The van der Waals surface area contributed by atoms with Crippen molar-refractivity contribution < 1.29 is 4.79 Å². The molecule has 0 heterocycles. The largest absolute Gasteiger partial charge is 0.338 e. The lowest BCUT2D eigenvalue weighted by Gasteiger charge is -2.40. The van der Waals surface area contributed by atoms with E-state index >= 15 is 0 Å². The molecule has 0 fully saturated rings. The molecule has 11 rings (SSSR count). The summed E-state index contributed by atoms with van der Waals surface area (Å²) in [5.74, 6) is 1.49. The van der Waals surface area contributed by atoms with Gasteiger partial charge in [-0.25, -0.2) is 0 Å². The summed E-state index contributed by atoms with van der Waals surface area (Å²) in [5.41, 5.74) is 17.6. The third kappa shape index (κ3) is 10.1. The minimum Gasteiger partial charge on any atom is -0.338 e. The Morgan fingerprint density at radius 1 is 0.522 bits per heavy atom. The van der Waals surface area contributed by atoms with Gasteiger partial charge in [0.1, 0.15) is 0 Å². The predicted molar refractivity (Wildman–Crippen MR) is 289 cm³/mol. The number of carbonyl (C=O) groups is 1. The first-order valence-electron chi connectivity index (χ1n) is 26.6. The van der Waals surface area contributed by atoms with Gasteiger partial charge in [-0.3, -0.25) is 4.79 Å². The molecule has 0 radical (unpaired) electrons. The maximum absolute atomic E-state index is 14.8. The van der Waals surface area contributed by atoms with E-state index in [4.69, 9.17) is 0 Å². The van der Waals surface area contributed by atoms with E-state index in [0.29, 0.717) is 18.3 Å². The molecule has 0 aromatic heterocycles. The second kappa shape index (κ2) is 21.2. The molecule has 6 atom stereocenters. The number of Topliss-reactive ketones (excluding diaryl/α,β-unsaturated/α-hetero) is 1. The molecule has 0 N–H and O–H groups in total. The lowest BCUT2D eigenvalue weighted by Crippen LogP contribution is -2.34. The summed E-state index contributed by atoms with van der Waals surface area (Å²) in [7, 11) is 0. The highest BCUT2D eigenvalue weighted by molar-refractivity contribution is 6.10. The molecule has 11 aliphatic carbocycles. The van der Waals surface area contributed by atoms with Crippen LogP contribution in [0.1, 0.15) is 103 Å². The SMILES string of the molecule is O=C(C1=CC(C2C=CC=C(C3=C(C4C=CC=CC4)C=C(C4=CC=CC(N(C5=CCCC=C5)C5=CC=CCC5)C4)CC3C3=CCCC=C3)C2)CC=C1)C1=CC(C2=CCCC=C2)C=C(C2=CC=CCC2)C1. The van der Waals surface area contributed by atoms with Crippen LogP contribution in [0.3, 0.4) is 0 Å². The minimum atomic E-state index is 0.133. The van der Waals surface area contributed by atoms with Gasteiger partial charge in [-0.2, -0.15) is 0 Å². The van der Waals surface area contributed by atoms with Crippen LogP contribution in [0.2, 0.25) is 0 Å². The summed E-state index contributed by atoms with van der Waals surface area (Å²) in [5, 5.41) is 0. The molecule has 69 heavy (non-hydrogen) atoms. The van der Waals surface area contributed by atoms with Crippen molar-refractivity contribution in [3.05, 3.63) is 261 Å². The molecule has 0 aromatic rings. The van der Waals surface area contributed by atoms with Gasteiger partial charge in [0.2, 0.25) is 0 Å². The van der Waals surface area contributed by atoms with Crippen LogP contribution in [0.4, 0.5) is 0 Å². The first-order chi connectivity index (χ1) is 34.1. The number of allylic oxidation sites excluding steroid dienone is 41. The molecule has 0 bridgehead atoms. The highest BCUT2D eigenvalue weighted by Crippen LogP contribution is 2.49. The van der Waals surface area contributed by atoms with E-state index in [9.17, 15) is 4.79 Å². The van der Waals surface area contributed by atoms with Gasteiger partial charge in [0.15, 0.2) is 5.78 Å². The van der Waals surface area contributed by atoms with Crippen molar-refractivity contribution in [1.82, 2.24) is 4.90 Å². The maximum Gasteiger partial charge on any atom is 0.188 e. The Balaban J connectivity index is 0.900. The van der Waals surface area contributed by atoms with Crippen molar-refractivity contribution in [1.29, 1.82) is 0 Å². The fourth-order valence-corrected chi connectivity index (χ4v) is 12.7. The first-order valence-corrected chi connectivity index (χ1v) is 26.6. The quantitative estimate of drug-likeness (QED) is 0.194. The van der Waals surface area contributed by atoms with Gasteiger partial charge in [-0.15, -0.1) is 0 Å². The first kappa shape index (κ1) is 45.2. The molecule has 0 aromatic carbocycles.